The van der Waals surface area contributed by atoms with Gasteiger partial charge in [-0.25, -0.2) is 0 Å². The molecule has 0 saturated carbocycles. The van der Waals surface area contributed by atoms with Crippen molar-refractivity contribution in [3.8, 4) is 0 Å². The molecule has 2 aromatic rings. The first kappa shape index (κ1) is 20.0. The predicted octanol–water partition coefficient (Wildman–Crippen LogP) is 4.80. The molecule has 2 rings (SSSR count). The van der Waals surface area contributed by atoms with Crippen molar-refractivity contribution in [2.75, 3.05) is 11.9 Å². The molecule has 2 atom stereocenters. The molecule has 1 aromatic heterocycles. The summed E-state index contributed by atoms with van der Waals surface area (Å²) < 4.78 is 0.728. The highest BCUT2D eigenvalue weighted by molar-refractivity contribution is 8.02. The van der Waals surface area contributed by atoms with Crippen LogP contribution in [0.2, 0.25) is 10.0 Å². The number of nitrogens with one attached hydrogen (secondary N) is 2. The van der Waals surface area contributed by atoms with Gasteiger partial charge in [0.15, 0.2) is 4.34 Å². The van der Waals surface area contributed by atoms with Gasteiger partial charge in [-0.2, -0.15) is 0 Å². The van der Waals surface area contributed by atoms with Gasteiger partial charge in [0.05, 0.1) is 11.3 Å². The summed E-state index contributed by atoms with van der Waals surface area (Å²) in [6.45, 7) is 7.97. The van der Waals surface area contributed by atoms with Gasteiger partial charge < -0.3 is 10.6 Å². The molecule has 0 unspecified atom stereocenters. The summed E-state index contributed by atoms with van der Waals surface area (Å²) in [6.07, 6.45) is 1.74. The molecular weight excluding hydrogens is 399 g/mol. The number of anilines is 1. The number of halogens is 2. The van der Waals surface area contributed by atoms with Crippen LogP contribution >= 0.6 is 46.3 Å². The van der Waals surface area contributed by atoms with E-state index in [-0.39, 0.29) is 17.2 Å². The molecular formula is C16H18Cl2N4OS2. The maximum atomic E-state index is 12.4. The van der Waals surface area contributed by atoms with Gasteiger partial charge in [0.25, 0.3) is 0 Å². The molecule has 9 heteroatoms. The molecule has 2 N–H and O–H groups in total. The van der Waals surface area contributed by atoms with Crippen molar-refractivity contribution >= 4 is 57.3 Å². The quantitative estimate of drug-likeness (QED) is 0.477. The van der Waals surface area contributed by atoms with Gasteiger partial charge in [-0.05, 0) is 31.5 Å². The monoisotopic (exact) mass is 416 g/mol. The third kappa shape index (κ3) is 5.88. The largest absolute Gasteiger partial charge is 0.357 e. The standard InChI is InChI=1S/C16H18Cl2N4OS2/c1-4-7-19-15-21-22-16(25-15)24-10(3)14(23)20-9(2)12-6-5-11(17)8-13(12)18/h4-6,8-10H,1,7H2,2-3H3,(H,19,21)(H,20,23)/t9-,10-/m0/s1. The number of benzene rings is 1. The Labute approximate surface area is 165 Å². The highest BCUT2D eigenvalue weighted by atomic mass is 35.5. The number of aromatic nitrogens is 2. The molecule has 1 heterocycles. The molecule has 0 saturated heterocycles. The van der Waals surface area contributed by atoms with Crippen molar-refractivity contribution in [3.05, 3.63) is 46.5 Å². The van der Waals surface area contributed by atoms with E-state index in [0.29, 0.717) is 21.7 Å². The third-order valence-electron chi connectivity index (χ3n) is 3.24. The van der Waals surface area contributed by atoms with Crippen LogP contribution in [0.3, 0.4) is 0 Å². The van der Waals surface area contributed by atoms with Crippen LogP contribution in [0.15, 0.2) is 35.2 Å². The first-order chi connectivity index (χ1) is 11.9. The summed E-state index contributed by atoms with van der Waals surface area (Å²) in [5, 5.41) is 15.6. The van der Waals surface area contributed by atoms with E-state index in [1.54, 1.807) is 18.2 Å². The zero-order valence-electron chi connectivity index (χ0n) is 13.8. The number of thioether (sulfide) groups is 1. The van der Waals surface area contributed by atoms with Crippen molar-refractivity contribution in [1.82, 2.24) is 15.5 Å². The van der Waals surface area contributed by atoms with E-state index in [2.05, 4.69) is 27.4 Å². The Morgan fingerprint density at radius 3 is 2.84 bits per heavy atom. The smallest absolute Gasteiger partial charge is 0.233 e. The van der Waals surface area contributed by atoms with Gasteiger partial charge in [-0.15, -0.1) is 16.8 Å². The van der Waals surface area contributed by atoms with Crippen molar-refractivity contribution < 1.29 is 4.79 Å². The molecule has 0 bridgehead atoms. The highest BCUT2D eigenvalue weighted by Crippen LogP contribution is 2.30. The fraction of sp³-hybridized carbons (Fsp3) is 0.312. The van der Waals surface area contributed by atoms with Crippen LogP contribution in [0.5, 0.6) is 0 Å². The van der Waals surface area contributed by atoms with E-state index < -0.39 is 0 Å². The number of nitrogens with zero attached hydrogens (tertiary/aromatic N) is 2. The topological polar surface area (TPSA) is 66.9 Å². The lowest BCUT2D eigenvalue weighted by atomic mass is 10.1. The summed E-state index contributed by atoms with van der Waals surface area (Å²) in [5.41, 5.74) is 0.823. The average Bonchev–Trinajstić information content (AvgIpc) is 3.00. The first-order valence-corrected chi connectivity index (χ1v) is 9.96. The normalized spacial score (nSPS) is 13.1. The lowest BCUT2D eigenvalue weighted by molar-refractivity contribution is -0.120. The van der Waals surface area contributed by atoms with Crippen molar-refractivity contribution in [3.63, 3.8) is 0 Å². The number of amides is 1. The van der Waals surface area contributed by atoms with Gasteiger partial charge in [-0.1, -0.05) is 58.4 Å². The summed E-state index contributed by atoms with van der Waals surface area (Å²) >= 11 is 14.9. The third-order valence-corrected chi connectivity index (χ3v) is 5.87. The zero-order chi connectivity index (χ0) is 18.4. The van der Waals surface area contributed by atoms with Gasteiger partial charge >= 0.3 is 0 Å². The molecule has 0 spiro atoms. The van der Waals surface area contributed by atoms with Crippen LogP contribution in [0.4, 0.5) is 5.13 Å². The summed E-state index contributed by atoms with van der Waals surface area (Å²) in [6, 6.07) is 5.01. The second-order valence-electron chi connectivity index (χ2n) is 5.20. The van der Waals surface area contributed by atoms with Crippen LogP contribution in [-0.2, 0) is 4.79 Å². The van der Waals surface area contributed by atoms with E-state index in [9.17, 15) is 4.79 Å². The SMILES string of the molecule is C=CCNc1nnc(S[C@@H](C)C(=O)N[C@@H](C)c2ccc(Cl)cc2Cl)s1. The second kappa shape index (κ2) is 9.43. The second-order valence-corrected chi connectivity index (χ2v) is 8.61. The van der Waals surface area contributed by atoms with Crippen LogP contribution in [0, 0.1) is 0 Å². The molecule has 5 nitrogen and oxygen atoms in total. The van der Waals surface area contributed by atoms with E-state index in [1.165, 1.54) is 23.1 Å². The van der Waals surface area contributed by atoms with E-state index in [4.69, 9.17) is 23.2 Å². The average molecular weight is 417 g/mol. The lowest BCUT2D eigenvalue weighted by Gasteiger charge is -2.18. The Hall–Kier alpha value is -1.28. The predicted molar refractivity (Wildman–Crippen MR) is 107 cm³/mol. The van der Waals surface area contributed by atoms with Gasteiger partial charge in [0.1, 0.15) is 0 Å². The molecule has 0 aliphatic carbocycles. The molecule has 0 fully saturated rings. The minimum Gasteiger partial charge on any atom is -0.357 e. The van der Waals surface area contributed by atoms with Crippen LogP contribution in [0.25, 0.3) is 0 Å². The Morgan fingerprint density at radius 2 is 2.16 bits per heavy atom. The Balaban J connectivity index is 1.93. The molecule has 134 valence electrons. The van der Waals surface area contributed by atoms with Crippen molar-refractivity contribution in [2.45, 2.75) is 29.5 Å². The molecule has 0 aliphatic rings. The summed E-state index contributed by atoms with van der Waals surface area (Å²) in [7, 11) is 0. The van der Waals surface area contributed by atoms with Gasteiger partial charge in [0, 0.05) is 16.6 Å². The summed E-state index contributed by atoms with van der Waals surface area (Å²) in [4.78, 5) is 12.4. The Bertz CT molecular complexity index is 753. The van der Waals surface area contributed by atoms with Crippen LogP contribution in [0.1, 0.15) is 25.5 Å². The van der Waals surface area contributed by atoms with Crippen molar-refractivity contribution in [1.29, 1.82) is 0 Å². The highest BCUT2D eigenvalue weighted by Gasteiger charge is 2.20. The molecule has 1 aromatic carbocycles. The number of carbonyl (C=O) groups excluding carboxylic acids is 1. The minimum absolute atomic E-state index is 0.0979. The number of carbonyl (C=O) groups is 1. The first-order valence-electron chi connectivity index (χ1n) is 7.51. The maximum absolute atomic E-state index is 12.4. The van der Waals surface area contributed by atoms with Crippen molar-refractivity contribution in [2.24, 2.45) is 0 Å². The Kier molecular flexibility index (Phi) is 7.56. The van der Waals surface area contributed by atoms with Gasteiger partial charge in [0.2, 0.25) is 11.0 Å². The number of hydrogen-bond donors (Lipinski definition) is 2. The van der Waals surface area contributed by atoms with Crippen LogP contribution in [-0.4, -0.2) is 27.9 Å². The fourth-order valence-corrected chi connectivity index (χ4v) is 4.44. The number of hydrogen-bond acceptors (Lipinski definition) is 6. The molecule has 0 aliphatic heterocycles. The van der Waals surface area contributed by atoms with E-state index >= 15 is 0 Å². The number of rotatable bonds is 8. The summed E-state index contributed by atoms with van der Waals surface area (Å²) in [5.74, 6) is -0.0979. The lowest BCUT2D eigenvalue weighted by Crippen LogP contribution is -2.33. The molecule has 25 heavy (non-hydrogen) atoms. The van der Waals surface area contributed by atoms with Crippen LogP contribution < -0.4 is 10.6 Å². The van der Waals surface area contributed by atoms with E-state index in [0.717, 1.165) is 9.90 Å². The van der Waals surface area contributed by atoms with E-state index in [1.807, 2.05) is 19.9 Å². The molecule has 0 radical (unpaired) electrons. The molecule has 1 amide bonds. The fourth-order valence-electron chi connectivity index (χ4n) is 1.95. The Morgan fingerprint density at radius 1 is 1.40 bits per heavy atom. The zero-order valence-corrected chi connectivity index (χ0v) is 16.9. The van der Waals surface area contributed by atoms with Gasteiger partial charge in [-0.3, -0.25) is 4.79 Å². The minimum atomic E-state index is -0.311. The maximum Gasteiger partial charge on any atom is 0.233 e.